The Hall–Kier alpha value is -2.29. The van der Waals surface area contributed by atoms with E-state index in [0.717, 1.165) is 0 Å². The van der Waals surface area contributed by atoms with Crippen molar-refractivity contribution < 1.29 is 4.79 Å². The molecule has 0 aliphatic carbocycles. The number of ketones is 1. The minimum atomic E-state index is -2.73. The highest BCUT2D eigenvalue weighted by Gasteiger charge is 2.26. The molecule has 0 unspecified atom stereocenters. The molecule has 1 rings (SSSR count). The highest BCUT2D eigenvalue weighted by atomic mass is 32.3. The van der Waals surface area contributed by atoms with Gasteiger partial charge in [0.2, 0.25) is 0 Å². The first-order valence-electron chi connectivity index (χ1n) is 4.82. The molecule has 0 bridgehead atoms. The van der Waals surface area contributed by atoms with Crippen molar-refractivity contribution in [2.45, 2.75) is 18.2 Å². The van der Waals surface area contributed by atoms with E-state index in [-0.39, 0.29) is 5.78 Å². The average Bonchev–Trinajstić information content (AvgIpc) is 2.41. The first kappa shape index (κ1) is 12.8. The average molecular weight is 243 g/mol. The van der Waals surface area contributed by atoms with Gasteiger partial charge < -0.3 is 0 Å². The van der Waals surface area contributed by atoms with E-state index in [1.165, 1.54) is 12.1 Å². The Kier molecular flexibility index (Phi) is 3.88. The second-order valence-corrected chi connectivity index (χ2v) is 5.43. The Labute approximate surface area is 101 Å². The number of carbonyl (C=O) groups is 1. The zero-order valence-electron chi connectivity index (χ0n) is 9.17. The molecule has 0 aliphatic rings. The second kappa shape index (κ2) is 5.16. The molecule has 0 aliphatic heterocycles. The van der Waals surface area contributed by atoms with Gasteiger partial charge in [-0.25, -0.2) is 0 Å². The summed E-state index contributed by atoms with van der Waals surface area (Å²) in [7, 11) is -2.73. The maximum Gasteiger partial charge on any atom is 0.162 e. The van der Waals surface area contributed by atoms with Crippen molar-refractivity contribution in [3.05, 3.63) is 29.8 Å². The van der Waals surface area contributed by atoms with Gasteiger partial charge in [0.05, 0.1) is 10.0 Å². The standard InChI is InChI=1S/C12H9N3OS/c1-2-12(16)10-3-5-11(6-4-10)17(7-13,8-14)9-15/h3-6H,2H2,1H3. The summed E-state index contributed by atoms with van der Waals surface area (Å²) in [5.41, 5.74) is 0.526. The molecule has 1 aromatic carbocycles. The van der Waals surface area contributed by atoms with Gasteiger partial charge in [-0.15, -0.1) is 0 Å². The zero-order chi connectivity index (χ0) is 12.9. The summed E-state index contributed by atoms with van der Waals surface area (Å²) < 4.78 is 0. The molecule has 0 atom stereocenters. The lowest BCUT2D eigenvalue weighted by Gasteiger charge is -2.14. The number of rotatable bonds is 3. The summed E-state index contributed by atoms with van der Waals surface area (Å²) in [5.74, 6) is -0.0111. The molecule has 0 saturated carbocycles. The van der Waals surface area contributed by atoms with Gasteiger partial charge in [-0.05, 0) is 12.1 Å². The number of benzene rings is 1. The fraction of sp³-hybridized carbons (Fsp3) is 0.167. The van der Waals surface area contributed by atoms with Crippen LogP contribution in [0.1, 0.15) is 23.7 Å². The predicted molar refractivity (Wildman–Crippen MR) is 63.8 cm³/mol. The van der Waals surface area contributed by atoms with E-state index in [4.69, 9.17) is 15.8 Å². The summed E-state index contributed by atoms with van der Waals surface area (Å²) in [4.78, 5) is 11.8. The molecule has 84 valence electrons. The zero-order valence-corrected chi connectivity index (χ0v) is 9.99. The molecular weight excluding hydrogens is 234 g/mol. The normalized spacial score (nSPS) is 10.7. The summed E-state index contributed by atoms with van der Waals surface area (Å²) in [6.07, 6.45) is 0.395. The highest BCUT2D eigenvalue weighted by Crippen LogP contribution is 2.52. The van der Waals surface area contributed by atoms with Gasteiger partial charge in [-0.2, -0.15) is 15.8 Å². The molecule has 0 saturated heterocycles. The Bertz CT molecular complexity index is 521. The second-order valence-electron chi connectivity index (χ2n) is 3.19. The minimum absolute atomic E-state index is 0.0111. The molecule has 0 fully saturated rings. The van der Waals surface area contributed by atoms with Gasteiger partial charge in [-0.1, -0.05) is 19.1 Å². The molecule has 0 amide bonds. The van der Waals surface area contributed by atoms with E-state index in [2.05, 4.69) is 0 Å². The number of carbonyl (C=O) groups excluding carboxylic acids is 1. The van der Waals surface area contributed by atoms with E-state index >= 15 is 0 Å². The summed E-state index contributed by atoms with van der Waals surface area (Å²) in [5, 5.41) is 32.1. The largest absolute Gasteiger partial charge is 0.294 e. The Morgan fingerprint density at radius 3 is 1.94 bits per heavy atom. The Balaban J connectivity index is 3.22. The number of Topliss-reactive ketones (excluding diaryl/α,β-unsaturated/α-hetero) is 1. The highest BCUT2D eigenvalue weighted by molar-refractivity contribution is 8.44. The van der Waals surface area contributed by atoms with Crippen molar-refractivity contribution in [3.63, 3.8) is 0 Å². The van der Waals surface area contributed by atoms with E-state index in [1.54, 1.807) is 35.3 Å². The number of hydrogen-bond acceptors (Lipinski definition) is 4. The lowest BCUT2D eigenvalue weighted by Crippen LogP contribution is -1.97. The molecule has 5 heteroatoms. The van der Waals surface area contributed by atoms with Crippen LogP contribution in [0.15, 0.2) is 29.2 Å². The molecule has 0 aromatic heterocycles. The van der Waals surface area contributed by atoms with Crippen molar-refractivity contribution in [3.8, 4) is 16.2 Å². The smallest absolute Gasteiger partial charge is 0.162 e. The van der Waals surface area contributed by atoms with Crippen LogP contribution in [0.5, 0.6) is 0 Å². The van der Waals surface area contributed by atoms with Gasteiger partial charge in [0.15, 0.2) is 5.78 Å². The van der Waals surface area contributed by atoms with Crippen LogP contribution in [0, 0.1) is 32.0 Å². The van der Waals surface area contributed by atoms with Gasteiger partial charge in [0, 0.05) is 16.9 Å². The van der Waals surface area contributed by atoms with Crippen LogP contribution < -0.4 is 0 Å². The van der Waals surface area contributed by atoms with Crippen molar-refractivity contribution in [2.24, 2.45) is 0 Å². The van der Waals surface area contributed by atoms with Gasteiger partial charge >= 0.3 is 0 Å². The Morgan fingerprint density at radius 2 is 1.59 bits per heavy atom. The third-order valence-corrected chi connectivity index (χ3v) is 4.06. The molecule has 4 nitrogen and oxygen atoms in total. The molecule has 0 spiro atoms. The molecule has 1 aromatic rings. The van der Waals surface area contributed by atoms with Crippen LogP contribution >= 0.6 is 10.0 Å². The molecular formula is C12H9N3OS. The van der Waals surface area contributed by atoms with Gasteiger partial charge in [-0.3, -0.25) is 4.79 Å². The van der Waals surface area contributed by atoms with Crippen molar-refractivity contribution >= 4 is 15.8 Å². The molecule has 17 heavy (non-hydrogen) atoms. The van der Waals surface area contributed by atoms with E-state index in [9.17, 15) is 4.79 Å². The van der Waals surface area contributed by atoms with E-state index in [1.807, 2.05) is 0 Å². The fourth-order valence-electron chi connectivity index (χ4n) is 1.27. The predicted octanol–water partition coefficient (Wildman–Crippen LogP) is 2.89. The van der Waals surface area contributed by atoms with Gasteiger partial charge in [0.1, 0.15) is 16.2 Å². The van der Waals surface area contributed by atoms with Crippen LogP contribution in [0.4, 0.5) is 0 Å². The number of thiocyanates is 3. The number of hydrogen-bond donors (Lipinski definition) is 0. The summed E-state index contributed by atoms with van der Waals surface area (Å²) >= 11 is 0. The van der Waals surface area contributed by atoms with Crippen molar-refractivity contribution in [2.75, 3.05) is 0 Å². The third kappa shape index (κ3) is 2.28. The van der Waals surface area contributed by atoms with E-state index in [0.29, 0.717) is 16.9 Å². The maximum atomic E-state index is 11.4. The van der Waals surface area contributed by atoms with Crippen LogP contribution in [-0.2, 0) is 0 Å². The van der Waals surface area contributed by atoms with Gasteiger partial charge in [0.25, 0.3) is 0 Å². The van der Waals surface area contributed by atoms with Crippen molar-refractivity contribution in [1.29, 1.82) is 15.8 Å². The quantitative estimate of drug-likeness (QED) is 0.603. The van der Waals surface area contributed by atoms with Crippen molar-refractivity contribution in [1.82, 2.24) is 0 Å². The monoisotopic (exact) mass is 243 g/mol. The van der Waals surface area contributed by atoms with Crippen LogP contribution in [0.3, 0.4) is 0 Å². The lowest BCUT2D eigenvalue weighted by atomic mass is 10.1. The van der Waals surface area contributed by atoms with Crippen LogP contribution in [0.2, 0.25) is 0 Å². The van der Waals surface area contributed by atoms with E-state index < -0.39 is 10.0 Å². The molecule has 0 N–H and O–H groups in total. The minimum Gasteiger partial charge on any atom is -0.294 e. The lowest BCUT2D eigenvalue weighted by molar-refractivity contribution is 0.0988. The topological polar surface area (TPSA) is 88.4 Å². The SMILES string of the molecule is CCC(=O)c1ccc(S(C#N)(C#N)C#N)cc1. The molecule has 0 heterocycles. The van der Waals surface area contributed by atoms with Crippen LogP contribution in [-0.4, -0.2) is 5.78 Å². The first-order valence-corrected chi connectivity index (χ1v) is 6.46. The summed E-state index contributed by atoms with van der Waals surface area (Å²) in [6, 6.07) is 6.12. The molecule has 0 radical (unpaired) electrons. The van der Waals surface area contributed by atoms with Crippen LogP contribution in [0.25, 0.3) is 0 Å². The maximum absolute atomic E-state index is 11.4. The third-order valence-electron chi connectivity index (χ3n) is 2.26. The Morgan fingerprint density at radius 1 is 1.12 bits per heavy atom. The summed E-state index contributed by atoms with van der Waals surface area (Å²) in [6.45, 7) is 1.76. The first-order chi connectivity index (χ1) is 8.13. The fourth-order valence-corrected chi connectivity index (χ4v) is 2.25. The number of nitriles is 3. The number of nitrogens with zero attached hydrogens (tertiary/aromatic N) is 3.